The predicted octanol–water partition coefficient (Wildman–Crippen LogP) is 2.39. The number of aliphatic hydroxyl groups is 1. The van der Waals surface area contributed by atoms with E-state index in [-0.39, 0.29) is 5.54 Å². The van der Waals surface area contributed by atoms with Crippen LogP contribution in [-0.4, -0.2) is 47.8 Å². The summed E-state index contributed by atoms with van der Waals surface area (Å²) in [7, 11) is 0. The molecule has 0 amide bonds. The molecule has 0 unspecified atom stereocenters. The van der Waals surface area contributed by atoms with Gasteiger partial charge in [-0.1, -0.05) is 33.1 Å². The van der Waals surface area contributed by atoms with E-state index in [2.05, 4.69) is 24.1 Å². The fourth-order valence-electron chi connectivity index (χ4n) is 3.71. The monoisotopic (exact) mass is 268 g/mol. The fraction of sp³-hybridized carbons (Fsp3) is 1.00. The Morgan fingerprint density at radius 3 is 2.32 bits per heavy atom. The molecular weight excluding hydrogens is 236 g/mol. The van der Waals surface area contributed by atoms with Crippen LogP contribution in [0.5, 0.6) is 0 Å². The highest BCUT2D eigenvalue weighted by Crippen LogP contribution is 2.26. The molecule has 1 saturated carbocycles. The lowest BCUT2D eigenvalue weighted by molar-refractivity contribution is 0.0607. The van der Waals surface area contributed by atoms with Crippen LogP contribution in [0.3, 0.4) is 0 Å². The van der Waals surface area contributed by atoms with E-state index in [1.165, 1.54) is 38.6 Å². The Morgan fingerprint density at radius 2 is 1.79 bits per heavy atom. The maximum absolute atomic E-state index is 9.86. The molecule has 0 spiro atoms. The second kappa shape index (κ2) is 7.05. The standard InChI is InChI=1S/C16H32N2O/c1-14(2)12-18-10-8-16(13-19,9-11-18)17-15-6-4-3-5-7-15/h14-15,17,19H,3-13H2,1-2H3. The summed E-state index contributed by atoms with van der Waals surface area (Å²) in [5.74, 6) is 0.743. The largest absolute Gasteiger partial charge is 0.394 e. The summed E-state index contributed by atoms with van der Waals surface area (Å²) in [5.41, 5.74) is 0.00941. The van der Waals surface area contributed by atoms with Gasteiger partial charge >= 0.3 is 0 Å². The van der Waals surface area contributed by atoms with Crippen molar-refractivity contribution in [1.82, 2.24) is 10.2 Å². The highest BCUT2D eigenvalue weighted by Gasteiger charge is 2.35. The van der Waals surface area contributed by atoms with Crippen molar-refractivity contribution < 1.29 is 5.11 Å². The molecule has 3 heteroatoms. The minimum absolute atomic E-state index is 0.00941. The number of likely N-dealkylation sites (tertiary alicyclic amines) is 1. The van der Waals surface area contributed by atoms with Gasteiger partial charge in [-0.2, -0.15) is 0 Å². The van der Waals surface area contributed by atoms with E-state index in [1.54, 1.807) is 0 Å². The van der Waals surface area contributed by atoms with Gasteiger partial charge in [0.15, 0.2) is 0 Å². The third-order valence-electron chi connectivity index (χ3n) is 4.85. The Hall–Kier alpha value is -0.120. The van der Waals surface area contributed by atoms with Gasteiger partial charge in [0.05, 0.1) is 6.61 Å². The summed E-state index contributed by atoms with van der Waals surface area (Å²) in [6.45, 7) is 8.35. The molecule has 1 saturated heterocycles. The molecule has 0 radical (unpaired) electrons. The van der Waals surface area contributed by atoms with Crippen LogP contribution in [0, 0.1) is 5.92 Å². The van der Waals surface area contributed by atoms with Crippen LogP contribution >= 0.6 is 0 Å². The fourth-order valence-corrected chi connectivity index (χ4v) is 3.71. The van der Waals surface area contributed by atoms with Crippen molar-refractivity contribution >= 4 is 0 Å². The predicted molar refractivity (Wildman–Crippen MR) is 80.3 cm³/mol. The molecule has 2 fully saturated rings. The van der Waals surface area contributed by atoms with Gasteiger partial charge in [-0.05, 0) is 44.7 Å². The molecule has 0 bridgehead atoms. The molecule has 0 aromatic heterocycles. The summed E-state index contributed by atoms with van der Waals surface area (Å²) in [5, 5.41) is 13.7. The number of nitrogens with one attached hydrogen (secondary N) is 1. The maximum Gasteiger partial charge on any atom is 0.0614 e. The van der Waals surface area contributed by atoms with Gasteiger partial charge in [0.25, 0.3) is 0 Å². The van der Waals surface area contributed by atoms with Crippen LogP contribution in [0.4, 0.5) is 0 Å². The van der Waals surface area contributed by atoms with E-state index in [0.717, 1.165) is 31.8 Å². The lowest BCUT2D eigenvalue weighted by Gasteiger charge is -2.44. The number of piperidine rings is 1. The lowest BCUT2D eigenvalue weighted by atomic mass is 9.85. The van der Waals surface area contributed by atoms with Gasteiger partial charge in [-0.3, -0.25) is 0 Å². The number of hydrogen-bond donors (Lipinski definition) is 2. The number of hydrogen-bond acceptors (Lipinski definition) is 3. The van der Waals surface area contributed by atoms with Crippen LogP contribution in [0.25, 0.3) is 0 Å². The second-order valence-corrected chi connectivity index (χ2v) is 7.11. The minimum atomic E-state index is 0.00941. The first kappa shape index (κ1) is 15.3. The van der Waals surface area contributed by atoms with Gasteiger partial charge in [-0.15, -0.1) is 0 Å². The van der Waals surface area contributed by atoms with E-state index in [0.29, 0.717) is 12.6 Å². The van der Waals surface area contributed by atoms with Gasteiger partial charge in [0, 0.05) is 18.1 Å². The molecule has 112 valence electrons. The van der Waals surface area contributed by atoms with Crippen molar-refractivity contribution in [3.05, 3.63) is 0 Å². The van der Waals surface area contributed by atoms with Crippen molar-refractivity contribution in [3.63, 3.8) is 0 Å². The molecule has 2 rings (SSSR count). The third kappa shape index (κ3) is 4.44. The zero-order valence-corrected chi connectivity index (χ0v) is 12.8. The molecule has 3 nitrogen and oxygen atoms in total. The number of aliphatic hydroxyl groups excluding tert-OH is 1. The van der Waals surface area contributed by atoms with Crippen LogP contribution in [0.15, 0.2) is 0 Å². The van der Waals surface area contributed by atoms with Crippen LogP contribution in [0.2, 0.25) is 0 Å². The van der Waals surface area contributed by atoms with E-state index in [9.17, 15) is 5.11 Å². The second-order valence-electron chi connectivity index (χ2n) is 7.11. The highest BCUT2D eigenvalue weighted by molar-refractivity contribution is 4.95. The zero-order valence-electron chi connectivity index (χ0n) is 12.8. The van der Waals surface area contributed by atoms with Crippen molar-refractivity contribution in [1.29, 1.82) is 0 Å². The Kier molecular flexibility index (Phi) is 5.67. The van der Waals surface area contributed by atoms with Crippen molar-refractivity contribution in [2.45, 2.75) is 70.4 Å². The minimum Gasteiger partial charge on any atom is -0.394 e. The molecule has 19 heavy (non-hydrogen) atoms. The topological polar surface area (TPSA) is 35.5 Å². The first-order chi connectivity index (χ1) is 9.13. The molecule has 1 aliphatic carbocycles. The third-order valence-corrected chi connectivity index (χ3v) is 4.85. The van der Waals surface area contributed by atoms with E-state index < -0.39 is 0 Å². The van der Waals surface area contributed by atoms with Gasteiger partial charge < -0.3 is 15.3 Å². The highest BCUT2D eigenvalue weighted by atomic mass is 16.3. The summed E-state index contributed by atoms with van der Waals surface area (Å²) < 4.78 is 0. The smallest absolute Gasteiger partial charge is 0.0614 e. The summed E-state index contributed by atoms with van der Waals surface area (Å²) >= 11 is 0. The molecule has 0 atom stereocenters. The van der Waals surface area contributed by atoms with Crippen LogP contribution < -0.4 is 5.32 Å². The zero-order chi connectivity index (χ0) is 13.7. The van der Waals surface area contributed by atoms with E-state index >= 15 is 0 Å². The quantitative estimate of drug-likeness (QED) is 0.803. The SMILES string of the molecule is CC(C)CN1CCC(CO)(NC2CCCCC2)CC1. The summed E-state index contributed by atoms with van der Waals surface area (Å²) in [4.78, 5) is 2.56. The molecule has 0 aromatic carbocycles. The Balaban J connectivity index is 1.82. The number of rotatable bonds is 5. The van der Waals surface area contributed by atoms with Crippen molar-refractivity contribution in [2.24, 2.45) is 5.92 Å². The van der Waals surface area contributed by atoms with Crippen molar-refractivity contribution in [2.75, 3.05) is 26.2 Å². The van der Waals surface area contributed by atoms with Gasteiger partial charge in [0.1, 0.15) is 0 Å². The molecule has 2 aliphatic rings. The van der Waals surface area contributed by atoms with Crippen LogP contribution in [0.1, 0.15) is 58.8 Å². The lowest BCUT2D eigenvalue weighted by Crippen LogP contribution is -2.59. The average molecular weight is 268 g/mol. The van der Waals surface area contributed by atoms with E-state index in [1.807, 2.05) is 0 Å². The Labute approximate surface area is 118 Å². The average Bonchev–Trinajstić information content (AvgIpc) is 2.42. The summed E-state index contributed by atoms with van der Waals surface area (Å²) in [6.07, 6.45) is 8.93. The van der Waals surface area contributed by atoms with E-state index in [4.69, 9.17) is 0 Å². The first-order valence-electron chi connectivity index (χ1n) is 8.24. The Morgan fingerprint density at radius 1 is 1.16 bits per heavy atom. The van der Waals surface area contributed by atoms with Crippen LogP contribution in [-0.2, 0) is 0 Å². The molecule has 0 aromatic rings. The molecular formula is C16H32N2O. The normalized spacial score (nSPS) is 25.9. The molecule has 1 aliphatic heterocycles. The molecule has 2 N–H and O–H groups in total. The maximum atomic E-state index is 9.86. The Bertz CT molecular complexity index is 253. The van der Waals surface area contributed by atoms with Gasteiger partial charge in [-0.25, -0.2) is 0 Å². The number of nitrogens with zero attached hydrogens (tertiary/aromatic N) is 1. The van der Waals surface area contributed by atoms with Gasteiger partial charge in [0.2, 0.25) is 0 Å². The first-order valence-corrected chi connectivity index (χ1v) is 8.24. The molecule has 1 heterocycles. The summed E-state index contributed by atoms with van der Waals surface area (Å²) in [6, 6.07) is 0.651. The van der Waals surface area contributed by atoms with Crippen molar-refractivity contribution in [3.8, 4) is 0 Å².